The highest BCUT2D eigenvalue weighted by atomic mass is 16.5. The van der Waals surface area contributed by atoms with Gasteiger partial charge in [0.25, 0.3) is 0 Å². The van der Waals surface area contributed by atoms with Crippen LogP contribution >= 0.6 is 0 Å². The van der Waals surface area contributed by atoms with Crippen LogP contribution in [0, 0.1) is 0 Å². The Kier molecular flexibility index (Phi) is 6.87. The molecule has 1 aromatic rings. The van der Waals surface area contributed by atoms with E-state index in [0.29, 0.717) is 19.6 Å². The summed E-state index contributed by atoms with van der Waals surface area (Å²) in [6.07, 6.45) is 0.409. The van der Waals surface area contributed by atoms with Gasteiger partial charge in [0, 0.05) is 26.1 Å². The van der Waals surface area contributed by atoms with Crippen LogP contribution in [0.3, 0.4) is 0 Å². The summed E-state index contributed by atoms with van der Waals surface area (Å²) in [7, 11) is 4.84. The van der Waals surface area contributed by atoms with Gasteiger partial charge >= 0.3 is 0 Å². The molecule has 0 saturated carbocycles. The van der Waals surface area contributed by atoms with Crippen LogP contribution in [0.1, 0.15) is 24.8 Å². The maximum atomic E-state index is 11.8. The molecule has 0 heterocycles. The van der Waals surface area contributed by atoms with E-state index in [1.807, 2.05) is 25.1 Å². The van der Waals surface area contributed by atoms with Crippen molar-refractivity contribution in [3.8, 4) is 11.5 Å². The number of carbonyl (C=O) groups excluding carboxylic acids is 1. The number of carbonyl (C=O) groups is 1. The molecule has 5 nitrogen and oxygen atoms in total. The third-order valence-corrected chi connectivity index (χ3v) is 3.09. The van der Waals surface area contributed by atoms with Gasteiger partial charge in [0.15, 0.2) is 0 Å². The number of nitrogens with one attached hydrogen (secondary N) is 1. The summed E-state index contributed by atoms with van der Waals surface area (Å²) < 4.78 is 15.4. The van der Waals surface area contributed by atoms with Gasteiger partial charge < -0.3 is 19.5 Å². The summed E-state index contributed by atoms with van der Waals surface area (Å²) in [6.45, 7) is 3.05. The smallest absolute Gasteiger partial charge is 0.220 e. The van der Waals surface area contributed by atoms with Crippen LogP contribution < -0.4 is 14.8 Å². The molecule has 1 N–H and O–H groups in total. The van der Waals surface area contributed by atoms with E-state index < -0.39 is 0 Å². The highest BCUT2D eigenvalue weighted by Gasteiger charge is 2.15. The topological polar surface area (TPSA) is 56.8 Å². The van der Waals surface area contributed by atoms with E-state index >= 15 is 0 Å². The van der Waals surface area contributed by atoms with Crippen molar-refractivity contribution in [2.24, 2.45) is 0 Å². The Labute approximate surface area is 120 Å². The number of hydrogen-bond donors (Lipinski definition) is 1. The molecule has 0 aliphatic carbocycles. The van der Waals surface area contributed by atoms with Crippen LogP contribution in [0.2, 0.25) is 0 Å². The monoisotopic (exact) mass is 281 g/mol. The lowest BCUT2D eigenvalue weighted by molar-refractivity contribution is -0.121. The summed E-state index contributed by atoms with van der Waals surface area (Å²) in [6, 6.07) is 5.64. The molecule has 0 aliphatic heterocycles. The van der Waals surface area contributed by atoms with Gasteiger partial charge in [-0.2, -0.15) is 0 Å². The molecule has 1 amide bonds. The zero-order chi connectivity index (χ0) is 15.0. The Balaban J connectivity index is 2.66. The molecule has 0 saturated heterocycles. The molecule has 1 atom stereocenters. The second kappa shape index (κ2) is 8.43. The second-order valence-electron chi connectivity index (χ2n) is 4.56. The molecule has 1 unspecified atom stereocenters. The largest absolute Gasteiger partial charge is 0.497 e. The molecule has 0 aromatic heterocycles. The molecule has 112 valence electrons. The second-order valence-corrected chi connectivity index (χ2v) is 4.56. The molecule has 0 radical (unpaired) electrons. The zero-order valence-corrected chi connectivity index (χ0v) is 12.6. The van der Waals surface area contributed by atoms with Crippen LogP contribution in [0.15, 0.2) is 18.2 Å². The van der Waals surface area contributed by atoms with Crippen molar-refractivity contribution in [2.75, 3.05) is 34.5 Å². The summed E-state index contributed by atoms with van der Waals surface area (Å²) in [5.74, 6) is 1.55. The number of benzene rings is 1. The van der Waals surface area contributed by atoms with E-state index in [0.717, 1.165) is 17.1 Å². The average molecular weight is 281 g/mol. The van der Waals surface area contributed by atoms with Crippen molar-refractivity contribution in [1.82, 2.24) is 5.32 Å². The molecule has 0 fully saturated rings. The van der Waals surface area contributed by atoms with Crippen molar-refractivity contribution in [2.45, 2.75) is 19.3 Å². The Bertz CT molecular complexity index is 434. The lowest BCUT2D eigenvalue weighted by Gasteiger charge is -2.16. The van der Waals surface area contributed by atoms with Crippen LogP contribution in [0.25, 0.3) is 0 Å². The van der Waals surface area contributed by atoms with Crippen molar-refractivity contribution < 1.29 is 19.0 Å². The lowest BCUT2D eigenvalue weighted by atomic mass is 9.96. The van der Waals surface area contributed by atoms with Gasteiger partial charge in [-0.05, 0) is 17.5 Å². The van der Waals surface area contributed by atoms with E-state index in [1.54, 1.807) is 21.3 Å². The van der Waals surface area contributed by atoms with Crippen molar-refractivity contribution in [1.29, 1.82) is 0 Å². The first kappa shape index (κ1) is 16.3. The van der Waals surface area contributed by atoms with Crippen molar-refractivity contribution >= 4 is 5.91 Å². The van der Waals surface area contributed by atoms with E-state index in [4.69, 9.17) is 14.2 Å². The van der Waals surface area contributed by atoms with Gasteiger partial charge in [0.05, 0.1) is 20.8 Å². The Morgan fingerprint density at radius 2 is 2.00 bits per heavy atom. The van der Waals surface area contributed by atoms with Crippen LogP contribution in [-0.2, 0) is 9.53 Å². The average Bonchev–Trinajstić information content (AvgIpc) is 2.46. The number of ether oxygens (including phenoxy) is 3. The predicted molar refractivity (Wildman–Crippen MR) is 77.5 cm³/mol. The fourth-order valence-electron chi connectivity index (χ4n) is 1.98. The number of methoxy groups -OCH3 is 3. The van der Waals surface area contributed by atoms with E-state index in [-0.39, 0.29) is 11.8 Å². The highest BCUT2D eigenvalue weighted by Crippen LogP contribution is 2.31. The van der Waals surface area contributed by atoms with Crippen LogP contribution in [-0.4, -0.2) is 40.4 Å². The highest BCUT2D eigenvalue weighted by molar-refractivity contribution is 5.77. The molecule has 0 bridgehead atoms. The van der Waals surface area contributed by atoms with Crippen LogP contribution in [0.4, 0.5) is 0 Å². The molecular weight excluding hydrogens is 258 g/mol. The quantitative estimate of drug-likeness (QED) is 0.740. The minimum Gasteiger partial charge on any atom is -0.497 e. The SMILES string of the molecule is COCCNC(=O)CC(C)c1ccc(OC)cc1OC. The Hall–Kier alpha value is -1.75. The summed E-state index contributed by atoms with van der Waals surface area (Å²) >= 11 is 0. The van der Waals surface area contributed by atoms with E-state index in [2.05, 4.69) is 5.32 Å². The molecule has 20 heavy (non-hydrogen) atoms. The third kappa shape index (κ3) is 4.74. The molecular formula is C15H23NO4. The minimum atomic E-state index is 0.00687. The normalized spacial score (nSPS) is 11.8. The van der Waals surface area contributed by atoms with Gasteiger partial charge in [-0.15, -0.1) is 0 Å². The summed E-state index contributed by atoms with van der Waals surface area (Å²) in [5, 5.41) is 2.81. The van der Waals surface area contributed by atoms with Gasteiger partial charge in [-0.3, -0.25) is 4.79 Å². The molecule has 5 heteroatoms. The van der Waals surface area contributed by atoms with Crippen LogP contribution in [0.5, 0.6) is 11.5 Å². The molecule has 1 rings (SSSR count). The fraction of sp³-hybridized carbons (Fsp3) is 0.533. The number of hydrogen-bond acceptors (Lipinski definition) is 4. The number of amides is 1. The summed E-state index contributed by atoms with van der Waals surface area (Å²) in [5.41, 5.74) is 0.996. The van der Waals surface area contributed by atoms with Gasteiger partial charge in [-0.1, -0.05) is 13.0 Å². The number of rotatable bonds is 8. The first-order valence-corrected chi connectivity index (χ1v) is 6.60. The minimum absolute atomic E-state index is 0.00687. The molecule has 1 aromatic carbocycles. The fourth-order valence-corrected chi connectivity index (χ4v) is 1.98. The van der Waals surface area contributed by atoms with Crippen molar-refractivity contribution in [3.63, 3.8) is 0 Å². The third-order valence-electron chi connectivity index (χ3n) is 3.09. The summed E-state index contributed by atoms with van der Waals surface area (Å²) in [4.78, 5) is 11.8. The zero-order valence-electron chi connectivity index (χ0n) is 12.6. The Morgan fingerprint density at radius 3 is 2.60 bits per heavy atom. The predicted octanol–water partition coefficient (Wildman–Crippen LogP) is 1.96. The first-order valence-electron chi connectivity index (χ1n) is 6.60. The van der Waals surface area contributed by atoms with Crippen molar-refractivity contribution in [3.05, 3.63) is 23.8 Å². The van der Waals surface area contributed by atoms with E-state index in [9.17, 15) is 4.79 Å². The Morgan fingerprint density at radius 1 is 1.25 bits per heavy atom. The molecule has 0 aliphatic rings. The van der Waals surface area contributed by atoms with Gasteiger partial charge in [0.2, 0.25) is 5.91 Å². The maximum absolute atomic E-state index is 11.8. The lowest BCUT2D eigenvalue weighted by Crippen LogP contribution is -2.27. The first-order chi connectivity index (χ1) is 9.62. The standard InChI is InChI=1S/C15H23NO4/c1-11(9-15(17)16-7-8-18-2)13-6-5-12(19-3)10-14(13)20-4/h5-6,10-11H,7-9H2,1-4H3,(H,16,17). The maximum Gasteiger partial charge on any atom is 0.220 e. The van der Waals surface area contributed by atoms with E-state index in [1.165, 1.54) is 0 Å². The van der Waals surface area contributed by atoms with Gasteiger partial charge in [0.1, 0.15) is 11.5 Å². The molecule has 0 spiro atoms. The van der Waals surface area contributed by atoms with Gasteiger partial charge in [-0.25, -0.2) is 0 Å².